The number of nitrogens with zero attached hydrogens (tertiary/aromatic N) is 1. The summed E-state index contributed by atoms with van der Waals surface area (Å²) in [5.74, 6) is 0. The highest BCUT2D eigenvalue weighted by Gasteiger charge is 2.40. The molecule has 140 valence electrons. The first kappa shape index (κ1) is 19.0. The van der Waals surface area contributed by atoms with Gasteiger partial charge in [0.05, 0.1) is 44.7 Å². The van der Waals surface area contributed by atoms with Crippen LogP contribution in [0.4, 0.5) is 0 Å². The van der Waals surface area contributed by atoms with Gasteiger partial charge in [-0.2, -0.15) is 0 Å². The summed E-state index contributed by atoms with van der Waals surface area (Å²) >= 11 is 0. The largest absolute Gasteiger partial charge is 0.395 e. The second-order valence-electron chi connectivity index (χ2n) is 6.61. The zero-order chi connectivity index (χ0) is 18.2. The van der Waals surface area contributed by atoms with Crippen molar-refractivity contribution in [2.45, 2.75) is 31.5 Å². The van der Waals surface area contributed by atoms with Gasteiger partial charge in [-0.25, -0.2) is 0 Å². The predicted octanol–water partition coefficient (Wildman–Crippen LogP) is 1.83. The molecule has 1 heterocycles. The lowest BCUT2D eigenvalue weighted by Gasteiger charge is -2.23. The number of hydrogen-bond donors (Lipinski definition) is 2. The molecule has 26 heavy (non-hydrogen) atoms. The summed E-state index contributed by atoms with van der Waals surface area (Å²) < 4.78 is 11.6. The van der Waals surface area contributed by atoms with Crippen molar-refractivity contribution in [1.29, 1.82) is 0 Å². The highest BCUT2D eigenvalue weighted by molar-refractivity contribution is 5.14. The maximum Gasteiger partial charge on any atom is 0.0991 e. The summed E-state index contributed by atoms with van der Waals surface area (Å²) in [5.41, 5.74) is 2.21. The molecule has 1 aliphatic heterocycles. The third-order valence-electron chi connectivity index (χ3n) is 4.79. The van der Waals surface area contributed by atoms with Crippen LogP contribution in [0.1, 0.15) is 11.1 Å². The Bertz CT molecular complexity index is 637. The Balaban J connectivity index is 1.44. The van der Waals surface area contributed by atoms with E-state index >= 15 is 0 Å². The van der Waals surface area contributed by atoms with Crippen LogP contribution in [-0.2, 0) is 22.7 Å². The van der Waals surface area contributed by atoms with Gasteiger partial charge in [0.15, 0.2) is 0 Å². The summed E-state index contributed by atoms with van der Waals surface area (Å²) in [7, 11) is 0. The Morgan fingerprint density at radius 3 is 2.15 bits per heavy atom. The molecule has 5 nitrogen and oxygen atoms in total. The van der Waals surface area contributed by atoms with Crippen LogP contribution in [0.15, 0.2) is 60.7 Å². The van der Waals surface area contributed by atoms with E-state index in [0.717, 1.165) is 11.1 Å². The van der Waals surface area contributed by atoms with E-state index < -0.39 is 6.10 Å². The summed E-state index contributed by atoms with van der Waals surface area (Å²) in [4.78, 5) is 2.05. The molecule has 5 heteroatoms. The van der Waals surface area contributed by atoms with E-state index in [1.165, 1.54) is 0 Å². The van der Waals surface area contributed by atoms with Crippen molar-refractivity contribution in [3.8, 4) is 0 Å². The van der Waals surface area contributed by atoms with Crippen LogP contribution in [0.3, 0.4) is 0 Å². The van der Waals surface area contributed by atoms with Crippen LogP contribution in [0.5, 0.6) is 0 Å². The van der Waals surface area contributed by atoms with Crippen molar-refractivity contribution < 1.29 is 19.7 Å². The molecule has 1 saturated heterocycles. The molecule has 0 saturated carbocycles. The average molecular weight is 357 g/mol. The quantitative estimate of drug-likeness (QED) is 0.671. The van der Waals surface area contributed by atoms with E-state index in [9.17, 15) is 10.2 Å². The van der Waals surface area contributed by atoms with Gasteiger partial charge in [0, 0.05) is 13.1 Å². The Morgan fingerprint density at radius 1 is 0.923 bits per heavy atom. The van der Waals surface area contributed by atoms with Crippen molar-refractivity contribution in [3.63, 3.8) is 0 Å². The highest BCUT2D eigenvalue weighted by Crippen LogP contribution is 2.22. The molecule has 0 bridgehead atoms. The summed E-state index contributed by atoms with van der Waals surface area (Å²) in [6.45, 7) is 2.72. The standard InChI is InChI=1S/C21H27NO4/c23-14-19-21(24)20(26-16-18-9-5-2-6-10-18)13-22(19)11-12-25-15-17-7-3-1-4-8-17/h1-10,19-21,23-24H,11-16H2/t19-,20-,21-/m1/s1. The van der Waals surface area contributed by atoms with Crippen molar-refractivity contribution in [2.75, 3.05) is 26.3 Å². The Morgan fingerprint density at radius 2 is 1.54 bits per heavy atom. The van der Waals surface area contributed by atoms with E-state index in [0.29, 0.717) is 32.9 Å². The molecular formula is C21H27NO4. The lowest BCUT2D eigenvalue weighted by Crippen LogP contribution is -2.40. The van der Waals surface area contributed by atoms with Gasteiger partial charge in [-0.1, -0.05) is 60.7 Å². The number of aliphatic hydroxyl groups is 2. The van der Waals surface area contributed by atoms with Gasteiger partial charge in [0.1, 0.15) is 0 Å². The summed E-state index contributed by atoms with van der Waals surface area (Å²) in [6.07, 6.45) is -1.00. The zero-order valence-corrected chi connectivity index (χ0v) is 14.9. The Kier molecular flexibility index (Phi) is 7.17. The van der Waals surface area contributed by atoms with Crippen molar-refractivity contribution in [2.24, 2.45) is 0 Å². The fourth-order valence-electron chi connectivity index (χ4n) is 3.29. The maximum atomic E-state index is 10.5. The van der Waals surface area contributed by atoms with E-state index in [1.54, 1.807) is 0 Å². The Labute approximate surface area is 154 Å². The first-order valence-electron chi connectivity index (χ1n) is 9.08. The average Bonchev–Trinajstić information content (AvgIpc) is 3.00. The monoisotopic (exact) mass is 357 g/mol. The van der Waals surface area contributed by atoms with E-state index in [1.807, 2.05) is 65.6 Å². The lowest BCUT2D eigenvalue weighted by molar-refractivity contribution is -0.0313. The molecule has 2 N–H and O–H groups in total. The molecule has 2 aromatic rings. The van der Waals surface area contributed by atoms with Crippen molar-refractivity contribution >= 4 is 0 Å². The molecule has 2 aromatic carbocycles. The molecule has 1 aliphatic rings. The highest BCUT2D eigenvalue weighted by atomic mass is 16.5. The van der Waals surface area contributed by atoms with Gasteiger partial charge in [-0.15, -0.1) is 0 Å². The minimum atomic E-state index is -0.696. The number of rotatable bonds is 9. The minimum absolute atomic E-state index is 0.0922. The molecule has 0 amide bonds. The molecule has 0 radical (unpaired) electrons. The third kappa shape index (κ3) is 5.13. The first-order chi connectivity index (χ1) is 12.8. The fourth-order valence-corrected chi connectivity index (χ4v) is 3.29. The van der Waals surface area contributed by atoms with Gasteiger partial charge in [0.2, 0.25) is 0 Å². The smallest absolute Gasteiger partial charge is 0.0991 e. The molecule has 0 aromatic heterocycles. The van der Waals surface area contributed by atoms with Crippen LogP contribution < -0.4 is 0 Å². The molecular weight excluding hydrogens is 330 g/mol. The second kappa shape index (κ2) is 9.80. The summed E-state index contributed by atoms with van der Waals surface area (Å²) in [5, 5.41) is 20.1. The van der Waals surface area contributed by atoms with Gasteiger partial charge < -0.3 is 19.7 Å². The number of benzene rings is 2. The minimum Gasteiger partial charge on any atom is -0.395 e. The predicted molar refractivity (Wildman–Crippen MR) is 99.6 cm³/mol. The maximum absolute atomic E-state index is 10.5. The number of likely N-dealkylation sites (tertiary alicyclic amines) is 1. The molecule has 0 aliphatic carbocycles. The third-order valence-corrected chi connectivity index (χ3v) is 4.79. The lowest BCUT2D eigenvalue weighted by atomic mass is 10.1. The molecule has 1 fully saturated rings. The van der Waals surface area contributed by atoms with Gasteiger partial charge in [0.25, 0.3) is 0 Å². The summed E-state index contributed by atoms with van der Waals surface area (Å²) in [6, 6.07) is 19.6. The van der Waals surface area contributed by atoms with Crippen LogP contribution in [-0.4, -0.2) is 59.7 Å². The zero-order valence-electron chi connectivity index (χ0n) is 14.9. The fraction of sp³-hybridized carbons (Fsp3) is 0.429. The SMILES string of the molecule is OC[C@@H]1[C@@H](O)[C@H](OCc2ccccc2)CN1CCOCc1ccccc1. The van der Waals surface area contributed by atoms with Crippen LogP contribution in [0.2, 0.25) is 0 Å². The Hall–Kier alpha value is -1.76. The van der Waals surface area contributed by atoms with Crippen molar-refractivity contribution in [1.82, 2.24) is 4.90 Å². The van der Waals surface area contributed by atoms with Gasteiger partial charge >= 0.3 is 0 Å². The number of ether oxygens (including phenoxy) is 2. The van der Waals surface area contributed by atoms with Crippen LogP contribution >= 0.6 is 0 Å². The van der Waals surface area contributed by atoms with Crippen molar-refractivity contribution in [3.05, 3.63) is 71.8 Å². The van der Waals surface area contributed by atoms with Crippen LogP contribution in [0.25, 0.3) is 0 Å². The van der Waals surface area contributed by atoms with Crippen LogP contribution in [0, 0.1) is 0 Å². The van der Waals surface area contributed by atoms with Gasteiger partial charge in [-0.05, 0) is 11.1 Å². The molecule has 3 atom stereocenters. The molecule has 0 spiro atoms. The second-order valence-corrected chi connectivity index (χ2v) is 6.61. The normalized spacial score (nSPS) is 23.4. The number of aliphatic hydroxyl groups excluding tert-OH is 2. The molecule has 0 unspecified atom stereocenters. The number of hydrogen-bond acceptors (Lipinski definition) is 5. The van der Waals surface area contributed by atoms with E-state index in [2.05, 4.69) is 0 Å². The van der Waals surface area contributed by atoms with E-state index in [4.69, 9.17) is 9.47 Å². The first-order valence-corrected chi connectivity index (χ1v) is 9.08. The van der Waals surface area contributed by atoms with Gasteiger partial charge in [-0.3, -0.25) is 4.90 Å². The topological polar surface area (TPSA) is 62.2 Å². The van der Waals surface area contributed by atoms with E-state index in [-0.39, 0.29) is 18.8 Å². The molecule has 3 rings (SSSR count).